The van der Waals surface area contributed by atoms with Gasteiger partial charge in [0, 0.05) is 12.2 Å². The maximum absolute atomic E-state index is 5.24. The first-order chi connectivity index (χ1) is 9.78. The van der Waals surface area contributed by atoms with Crippen LogP contribution in [-0.4, -0.2) is 18.8 Å². The monoisotopic (exact) mass is 285 g/mol. The Morgan fingerprint density at radius 2 is 2.05 bits per heavy atom. The molecule has 0 saturated carbocycles. The average molecular weight is 285 g/mol. The van der Waals surface area contributed by atoms with Crippen LogP contribution >= 0.6 is 12.2 Å². The summed E-state index contributed by atoms with van der Waals surface area (Å²) in [5.41, 5.74) is 2.18. The van der Waals surface area contributed by atoms with E-state index in [0.717, 1.165) is 24.4 Å². The fraction of sp³-hybridized carbons (Fsp3) is 0.188. The lowest BCUT2D eigenvalue weighted by atomic mass is 10.1. The zero-order valence-corrected chi connectivity index (χ0v) is 12.2. The summed E-state index contributed by atoms with van der Waals surface area (Å²) in [6.07, 6.45) is 0.890. The summed E-state index contributed by atoms with van der Waals surface area (Å²) in [7, 11) is 1.67. The number of ether oxygens (including phenoxy) is 1. The van der Waals surface area contributed by atoms with Crippen LogP contribution in [0.25, 0.3) is 0 Å². The minimum atomic E-state index is 0.624. The first-order valence-electron chi connectivity index (χ1n) is 6.42. The molecule has 0 spiro atoms. The van der Waals surface area contributed by atoms with Gasteiger partial charge in [-0.3, -0.25) is 0 Å². The number of rotatable bonds is 5. The zero-order chi connectivity index (χ0) is 14.2. The summed E-state index contributed by atoms with van der Waals surface area (Å²) in [6, 6.07) is 18.6. The molecule has 4 heteroatoms. The molecular weight excluding hydrogens is 268 g/mol. The Morgan fingerprint density at radius 1 is 1.25 bits per heavy atom. The molecule has 0 aliphatic rings. The quantitative estimate of drug-likeness (QED) is 0.827. The molecule has 20 heavy (non-hydrogen) atoms. The van der Waals surface area contributed by atoms with Crippen molar-refractivity contribution in [3.05, 3.63) is 60.2 Å². The number of hydrogen-bond acceptors (Lipinski definition) is 2. The van der Waals surface area contributed by atoms with Crippen molar-refractivity contribution in [3.63, 3.8) is 0 Å². The van der Waals surface area contributed by atoms with Crippen LogP contribution in [0.1, 0.15) is 5.56 Å². The van der Waals surface area contributed by atoms with Gasteiger partial charge in [0.1, 0.15) is 5.75 Å². The van der Waals surface area contributed by atoms with Gasteiger partial charge in [-0.15, -0.1) is 0 Å². The second-order valence-corrected chi connectivity index (χ2v) is 4.68. The molecule has 103 valence electrons. The Labute approximate surface area is 125 Å². The van der Waals surface area contributed by atoms with E-state index in [0.29, 0.717) is 5.11 Å². The number of benzene rings is 2. The third kappa shape index (κ3) is 4.55. The van der Waals surface area contributed by atoms with Gasteiger partial charge in [0.2, 0.25) is 0 Å². The van der Waals surface area contributed by atoms with Crippen LogP contribution in [0.3, 0.4) is 0 Å². The van der Waals surface area contributed by atoms with E-state index in [1.165, 1.54) is 5.56 Å². The number of thiocarbonyl (C=S) groups is 1. The summed E-state index contributed by atoms with van der Waals surface area (Å²) in [5.74, 6) is 0.878. The summed E-state index contributed by atoms with van der Waals surface area (Å²) < 4.78 is 5.20. The van der Waals surface area contributed by atoms with Crippen LogP contribution in [0.4, 0.5) is 5.69 Å². The largest absolute Gasteiger partial charge is 0.497 e. The van der Waals surface area contributed by atoms with E-state index in [2.05, 4.69) is 22.8 Å². The molecule has 0 heterocycles. The average Bonchev–Trinajstić information content (AvgIpc) is 2.48. The summed E-state index contributed by atoms with van der Waals surface area (Å²) >= 11 is 5.24. The molecular formula is C16H17N2OS. The van der Waals surface area contributed by atoms with Gasteiger partial charge in [0.25, 0.3) is 0 Å². The smallest absolute Gasteiger partial charge is 0.170 e. The molecule has 2 rings (SSSR count). The Morgan fingerprint density at radius 3 is 2.80 bits per heavy atom. The van der Waals surface area contributed by atoms with E-state index in [-0.39, 0.29) is 0 Å². The topological polar surface area (TPSA) is 33.3 Å². The van der Waals surface area contributed by atoms with Crippen molar-refractivity contribution in [2.75, 3.05) is 19.0 Å². The molecule has 0 aliphatic heterocycles. The number of nitrogens with one attached hydrogen (secondary N) is 2. The fourth-order valence-corrected chi connectivity index (χ4v) is 2.01. The van der Waals surface area contributed by atoms with Gasteiger partial charge in [-0.05, 0) is 54.5 Å². The van der Waals surface area contributed by atoms with Crippen molar-refractivity contribution in [1.82, 2.24) is 5.32 Å². The first-order valence-corrected chi connectivity index (χ1v) is 6.82. The second kappa shape index (κ2) is 7.50. The van der Waals surface area contributed by atoms with Crippen LogP contribution < -0.4 is 15.4 Å². The van der Waals surface area contributed by atoms with Crippen LogP contribution in [0, 0.1) is 6.07 Å². The minimum absolute atomic E-state index is 0.624. The lowest BCUT2D eigenvalue weighted by Gasteiger charge is -2.10. The Bertz CT molecular complexity index is 557. The van der Waals surface area contributed by atoms with Gasteiger partial charge < -0.3 is 15.4 Å². The molecule has 2 aromatic carbocycles. The van der Waals surface area contributed by atoms with E-state index < -0.39 is 0 Å². The lowest BCUT2D eigenvalue weighted by molar-refractivity contribution is 0.414. The maximum atomic E-state index is 5.24. The normalized spacial score (nSPS) is 9.85. The van der Waals surface area contributed by atoms with E-state index in [9.17, 15) is 0 Å². The van der Waals surface area contributed by atoms with Gasteiger partial charge in [-0.25, -0.2) is 0 Å². The SMILES string of the molecule is COc1cccc(CCNC(=S)Nc2cc[c]cc2)c1. The van der Waals surface area contributed by atoms with Crippen LogP contribution in [-0.2, 0) is 6.42 Å². The minimum Gasteiger partial charge on any atom is -0.497 e. The number of hydrogen-bond donors (Lipinski definition) is 2. The lowest BCUT2D eigenvalue weighted by Crippen LogP contribution is -2.30. The van der Waals surface area contributed by atoms with Gasteiger partial charge in [-0.1, -0.05) is 24.3 Å². The van der Waals surface area contributed by atoms with Crippen LogP contribution in [0.2, 0.25) is 0 Å². The first kappa shape index (κ1) is 14.3. The molecule has 0 amide bonds. The highest BCUT2D eigenvalue weighted by Crippen LogP contribution is 2.12. The molecule has 0 aromatic heterocycles. The predicted molar refractivity (Wildman–Crippen MR) is 86.2 cm³/mol. The highest BCUT2D eigenvalue weighted by Gasteiger charge is 1.98. The molecule has 0 bridgehead atoms. The summed E-state index contributed by atoms with van der Waals surface area (Å²) in [6.45, 7) is 0.776. The molecule has 0 fully saturated rings. The standard InChI is InChI=1S/C16H17N2OS/c1-19-15-9-5-6-13(12-15)10-11-17-16(20)18-14-7-3-2-4-8-14/h3-9,12H,10-11H2,1H3,(H2,17,18,20). The molecule has 0 atom stereocenters. The third-order valence-corrected chi connectivity index (χ3v) is 3.06. The van der Waals surface area contributed by atoms with Crippen molar-refractivity contribution >= 4 is 23.0 Å². The van der Waals surface area contributed by atoms with Crippen molar-refractivity contribution in [2.45, 2.75) is 6.42 Å². The van der Waals surface area contributed by atoms with Crippen molar-refractivity contribution < 1.29 is 4.74 Å². The molecule has 0 aliphatic carbocycles. The van der Waals surface area contributed by atoms with Crippen LogP contribution in [0.15, 0.2) is 48.5 Å². The van der Waals surface area contributed by atoms with E-state index in [1.54, 1.807) is 7.11 Å². The second-order valence-electron chi connectivity index (χ2n) is 4.27. The Hall–Kier alpha value is -2.07. The number of anilines is 1. The van der Waals surface area contributed by atoms with Gasteiger partial charge in [-0.2, -0.15) is 0 Å². The van der Waals surface area contributed by atoms with Gasteiger partial charge in [0.05, 0.1) is 7.11 Å². The molecule has 0 unspecified atom stereocenters. The Kier molecular flexibility index (Phi) is 5.38. The number of methoxy groups -OCH3 is 1. The van der Waals surface area contributed by atoms with Crippen molar-refractivity contribution in [2.24, 2.45) is 0 Å². The maximum Gasteiger partial charge on any atom is 0.170 e. The molecule has 2 N–H and O–H groups in total. The molecule has 1 radical (unpaired) electrons. The van der Waals surface area contributed by atoms with Gasteiger partial charge in [0.15, 0.2) is 5.11 Å². The van der Waals surface area contributed by atoms with Crippen molar-refractivity contribution in [1.29, 1.82) is 0 Å². The zero-order valence-electron chi connectivity index (χ0n) is 11.3. The summed E-state index contributed by atoms with van der Waals surface area (Å²) in [5, 5.41) is 6.94. The van der Waals surface area contributed by atoms with E-state index in [4.69, 9.17) is 17.0 Å². The van der Waals surface area contributed by atoms with Gasteiger partial charge >= 0.3 is 0 Å². The fourth-order valence-electron chi connectivity index (χ4n) is 1.79. The molecule has 0 saturated heterocycles. The highest BCUT2D eigenvalue weighted by atomic mass is 32.1. The Balaban J connectivity index is 1.76. The predicted octanol–water partition coefficient (Wildman–Crippen LogP) is 3.02. The summed E-state index contributed by atoms with van der Waals surface area (Å²) in [4.78, 5) is 0. The van der Waals surface area contributed by atoms with Crippen molar-refractivity contribution in [3.8, 4) is 5.75 Å². The highest BCUT2D eigenvalue weighted by molar-refractivity contribution is 7.80. The van der Waals surface area contributed by atoms with Crippen LogP contribution in [0.5, 0.6) is 5.75 Å². The molecule has 3 nitrogen and oxygen atoms in total. The molecule has 2 aromatic rings. The van der Waals surface area contributed by atoms with E-state index >= 15 is 0 Å². The third-order valence-electron chi connectivity index (χ3n) is 2.81. The van der Waals surface area contributed by atoms with E-state index in [1.807, 2.05) is 42.5 Å².